The fourth-order valence-corrected chi connectivity index (χ4v) is 2.80. The number of carbonyl (C=O) groups excluding carboxylic acids is 1. The number of nitrogens with two attached hydrogens (primary N) is 1. The smallest absolute Gasteiger partial charge is 0.240 e. The van der Waals surface area contributed by atoms with Gasteiger partial charge in [-0.3, -0.25) is 9.69 Å². The number of fused-ring (bicyclic) bond motifs is 1. The second kappa shape index (κ2) is 5.52. The van der Waals surface area contributed by atoms with Crippen LogP contribution in [0.5, 0.6) is 0 Å². The van der Waals surface area contributed by atoms with Crippen LogP contribution in [-0.2, 0) is 4.79 Å². The molecule has 0 aliphatic carbocycles. The average molecular weight is 235 g/mol. The van der Waals surface area contributed by atoms with Crippen molar-refractivity contribution in [1.82, 2.24) is 9.80 Å². The summed E-state index contributed by atoms with van der Waals surface area (Å²) < 4.78 is 0. The molecule has 2 heterocycles. The van der Waals surface area contributed by atoms with Crippen molar-refractivity contribution in [3.05, 3.63) is 0 Å². The van der Waals surface area contributed by atoms with Crippen LogP contribution >= 0.6 is 0 Å². The van der Waals surface area contributed by atoms with Crippen LogP contribution in [0, 0.1) is 12.3 Å². The van der Waals surface area contributed by atoms with E-state index >= 15 is 0 Å². The lowest BCUT2D eigenvalue weighted by atomic mass is 9.99. The molecule has 2 aliphatic heterocycles. The number of piperazine rings is 1. The number of hydrogen-bond donors (Lipinski definition) is 1. The normalized spacial score (nSPS) is 27.1. The summed E-state index contributed by atoms with van der Waals surface area (Å²) in [5.74, 6) is 2.48. The van der Waals surface area contributed by atoms with Crippen LogP contribution < -0.4 is 5.73 Å². The zero-order valence-corrected chi connectivity index (χ0v) is 10.3. The van der Waals surface area contributed by atoms with Crippen LogP contribution in [0.4, 0.5) is 0 Å². The number of piperidine rings is 1. The highest BCUT2D eigenvalue weighted by Crippen LogP contribution is 2.21. The SMILES string of the molecule is C#CCC(N)C(=O)N1CCN2CCCCC2C1. The van der Waals surface area contributed by atoms with Crippen LogP contribution in [0.15, 0.2) is 0 Å². The summed E-state index contributed by atoms with van der Waals surface area (Å²) in [5.41, 5.74) is 5.78. The van der Waals surface area contributed by atoms with Gasteiger partial charge in [-0.2, -0.15) is 0 Å². The molecule has 0 radical (unpaired) electrons. The molecule has 0 aromatic heterocycles. The molecule has 2 rings (SSSR count). The Labute approximate surface area is 103 Å². The van der Waals surface area contributed by atoms with Crippen LogP contribution in [0.2, 0.25) is 0 Å². The van der Waals surface area contributed by atoms with E-state index in [0.717, 1.165) is 19.6 Å². The molecule has 2 atom stereocenters. The summed E-state index contributed by atoms with van der Waals surface area (Å²) in [4.78, 5) is 16.4. The fraction of sp³-hybridized carbons (Fsp3) is 0.769. The third kappa shape index (κ3) is 2.80. The lowest BCUT2D eigenvalue weighted by Crippen LogP contribution is -2.58. The standard InChI is InChI=1S/C13H21N3O/c1-2-5-12(14)13(17)16-9-8-15-7-4-3-6-11(15)10-16/h1,11-12H,3-10,14H2. The van der Waals surface area contributed by atoms with Gasteiger partial charge in [0.15, 0.2) is 0 Å². The molecule has 0 aromatic carbocycles. The van der Waals surface area contributed by atoms with E-state index in [2.05, 4.69) is 10.8 Å². The van der Waals surface area contributed by atoms with Gasteiger partial charge in [0.05, 0.1) is 6.04 Å². The van der Waals surface area contributed by atoms with E-state index in [1.807, 2.05) is 4.90 Å². The van der Waals surface area contributed by atoms with Crippen LogP contribution in [0.1, 0.15) is 25.7 Å². The fourth-order valence-electron chi connectivity index (χ4n) is 2.80. The molecule has 2 saturated heterocycles. The number of amides is 1. The first kappa shape index (κ1) is 12.4. The van der Waals surface area contributed by atoms with Gasteiger partial charge >= 0.3 is 0 Å². The van der Waals surface area contributed by atoms with E-state index in [4.69, 9.17) is 12.2 Å². The Morgan fingerprint density at radius 1 is 1.41 bits per heavy atom. The van der Waals surface area contributed by atoms with Crippen molar-refractivity contribution in [2.75, 3.05) is 26.2 Å². The molecule has 0 aromatic rings. The highest BCUT2D eigenvalue weighted by Gasteiger charge is 2.32. The molecule has 2 fully saturated rings. The molecule has 2 aliphatic rings. The predicted molar refractivity (Wildman–Crippen MR) is 67.2 cm³/mol. The quantitative estimate of drug-likeness (QED) is 0.687. The molecule has 0 saturated carbocycles. The maximum Gasteiger partial charge on any atom is 0.240 e. The van der Waals surface area contributed by atoms with Crippen LogP contribution in [-0.4, -0.2) is 54.0 Å². The molecule has 4 heteroatoms. The van der Waals surface area contributed by atoms with Gasteiger partial charge in [0.1, 0.15) is 0 Å². The molecule has 2 N–H and O–H groups in total. The first-order valence-corrected chi connectivity index (χ1v) is 6.44. The monoisotopic (exact) mass is 235 g/mol. The third-order valence-electron chi connectivity index (χ3n) is 3.80. The summed E-state index contributed by atoms with van der Waals surface area (Å²) in [5, 5.41) is 0. The Balaban J connectivity index is 1.91. The zero-order valence-electron chi connectivity index (χ0n) is 10.3. The number of carbonyl (C=O) groups is 1. The lowest BCUT2D eigenvalue weighted by molar-refractivity contribution is -0.136. The first-order valence-electron chi connectivity index (χ1n) is 6.44. The van der Waals surface area contributed by atoms with E-state index < -0.39 is 6.04 Å². The average Bonchev–Trinajstić information content (AvgIpc) is 2.37. The minimum absolute atomic E-state index is 0.0215. The molecule has 94 valence electrons. The van der Waals surface area contributed by atoms with Crippen molar-refractivity contribution < 1.29 is 4.79 Å². The summed E-state index contributed by atoms with van der Waals surface area (Å²) >= 11 is 0. The molecule has 0 bridgehead atoms. The van der Waals surface area contributed by atoms with E-state index in [1.165, 1.54) is 25.8 Å². The largest absolute Gasteiger partial charge is 0.338 e. The Kier molecular flexibility index (Phi) is 4.03. The van der Waals surface area contributed by atoms with Crippen molar-refractivity contribution >= 4 is 5.91 Å². The number of hydrogen-bond acceptors (Lipinski definition) is 3. The van der Waals surface area contributed by atoms with E-state index in [9.17, 15) is 4.79 Å². The summed E-state index contributed by atoms with van der Waals surface area (Å²) in [7, 11) is 0. The minimum atomic E-state index is -0.518. The van der Waals surface area contributed by atoms with Gasteiger partial charge in [-0.05, 0) is 19.4 Å². The van der Waals surface area contributed by atoms with Gasteiger partial charge in [0, 0.05) is 32.1 Å². The highest BCUT2D eigenvalue weighted by atomic mass is 16.2. The topological polar surface area (TPSA) is 49.6 Å². The minimum Gasteiger partial charge on any atom is -0.338 e. The van der Waals surface area contributed by atoms with Crippen molar-refractivity contribution in [2.45, 2.75) is 37.8 Å². The molecule has 17 heavy (non-hydrogen) atoms. The van der Waals surface area contributed by atoms with Gasteiger partial charge < -0.3 is 10.6 Å². The van der Waals surface area contributed by atoms with Crippen molar-refractivity contribution in [3.63, 3.8) is 0 Å². The summed E-state index contributed by atoms with van der Waals surface area (Å²) in [6.45, 7) is 3.80. The van der Waals surface area contributed by atoms with E-state index in [-0.39, 0.29) is 5.91 Å². The zero-order chi connectivity index (χ0) is 12.3. The van der Waals surface area contributed by atoms with Gasteiger partial charge in [0.25, 0.3) is 0 Å². The maximum absolute atomic E-state index is 12.0. The summed E-state index contributed by atoms with van der Waals surface area (Å²) in [6, 6.07) is 0.0228. The predicted octanol–water partition coefficient (Wildman–Crippen LogP) is 0.0337. The second-order valence-electron chi connectivity index (χ2n) is 4.98. The molecular formula is C13H21N3O. The molecule has 4 nitrogen and oxygen atoms in total. The number of terminal acetylenes is 1. The third-order valence-corrected chi connectivity index (χ3v) is 3.80. The van der Waals surface area contributed by atoms with Crippen LogP contribution in [0.3, 0.4) is 0 Å². The van der Waals surface area contributed by atoms with Gasteiger partial charge in [-0.15, -0.1) is 12.3 Å². The molecule has 0 spiro atoms. The lowest BCUT2D eigenvalue weighted by Gasteiger charge is -2.44. The molecule has 1 amide bonds. The van der Waals surface area contributed by atoms with Crippen LogP contribution in [0.25, 0.3) is 0 Å². The number of rotatable bonds is 2. The van der Waals surface area contributed by atoms with Gasteiger partial charge in [-0.25, -0.2) is 0 Å². The van der Waals surface area contributed by atoms with Gasteiger partial charge in [-0.1, -0.05) is 6.42 Å². The van der Waals surface area contributed by atoms with Crippen molar-refractivity contribution in [3.8, 4) is 12.3 Å². The maximum atomic E-state index is 12.0. The first-order chi connectivity index (χ1) is 8.22. The summed E-state index contributed by atoms with van der Waals surface area (Å²) in [6.07, 6.45) is 9.30. The number of nitrogens with zero attached hydrogens (tertiary/aromatic N) is 2. The van der Waals surface area contributed by atoms with E-state index in [0.29, 0.717) is 12.5 Å². The van der Waals surface area contributed by atoms with Crippen molar-refractivity contribution in [2.24, 2.45) is 5.73 Å². The molecular weight excluding hydrogens is 214 g/mol. The molecule has 2 unspecified atom stereocenters. The Hall–Kier alpha value is -1.05. The highest BCUT2D eigenvalue weighted by molar-refractivity contribution is 5.82. The van der Waals surface area contributed by atoms with Crippen molar-refractivity contribution in [1.29, 1.82) is 0 Å². The second-order valence-corrected chi connectivity index (χ2v) is 4.98. The van der Waals surface area contributed by atoms with E-state index in [1.54, 1.807) is 0 Å². The Morgan fingerprint density at radius 3 is 3.00 bits per heavy atom. The van der Waals surface area contributed by atoms with Gasteiger partial charge in [0.2, 0.25) is 5.91 Å². The Bertz CT molecular complexity index is 323. The Morgan fingerprint density at radius 2 is 2.24 bits per heavy atom.